The van der Waals surface area contributed by atoms with Gasteiger partial charge >= 0.3 is 0 Å². The van der Waals surface area contributed by atoms with Crippen LogP contribution in [-0.4, -0.2) is 34.3 Å². The SMILES string of the molecule is CN=C(NCc1ncnn1C)NCC(C)(C)CCCc1ccccc1.I. The molecule has 0 fully saturated rings. The van der Waals surface area contributed by atoms with E-state index < -0.39 is 0 Å². The summed E-state index contributed by atoms with van der Waals surface area (Å²) in [5.41, 5.74) is 1.62. The van der Waals surface area contributed by atoms with Crippen molar-refractivity contribution >= 4 is 29.9 Å². The topological polar surface area (TPSA) is 67.1 Å². The summed E-state index contributed by atoms with van der Waals surface area (Å²) in [6.07, 6.45) is 5.03. The minimum absolute atomic E-state index is 0. The monoisotopic (exact) mass is 470 g/mol. The van der Waals surface area contributed by atoms with E-state index in [2.05, 4.69) is 69.9 Å². The van der Waals surface area contributed by atoms with E-state index >= 15 is 0 Å². The molecule has 0 aliphatic rings. The van der Waals surface area contributed by atoms with Gasteiger partial charge in [-0.25, -0.2) is 4.98 Å². The smallest absolute Gasteiger partial charge is 0.191 e. The predicted molar refractivity (Wildman–Crippen MR) is 118 cm³/mol. The maximum atomic E-state index is 4.29. The third-order valence-corrected chi connectivity index (χ3v) is 4.34. The summed E-state index contributed by atoms with van der Waals surface area (Å²) in [4.78, 5) is 8.49. The highest BCUT2D eigenvalue weighted by molar-refractivity contribution is 14.0. The molecule has 6 nitrogen and oxygen atoms in total. The van der Waals surface area contributed by atoms with Crippen molar-refractivity contribution in [2.24, 2.45) is 17.5 Å². The number of nitrogens with one attached hydrogen (secondary N) is 2. The van der Waals surface area contributed by atoms with Crippen molar-refractivity contribution in [3.8, 4) is 0 Å². The Hall–Kier alpha value is -1.64. The van der Waals surface area contributed by atoms with Crippen LogP contribution in [0.25, 0.3) is 0 Å². The van der Waals surface area contributed by atoms with E-state index in [1.54, 1.807) is 18.1 Å². The van der Waals surface area contributed by atoms with Crippen molar-refractivity contribution in [2.75, 3.05) is 13.6 Å². The molecule has 0 atom stereocenters. The molecule has 1 aromatic carbocycles. The summed E-state index contributed by atoms with van der Waals surface area (Å²) < 4.78 is 1.76. The molecule has 2 rings (SSSR count). The van der Waals surface area contributed by atoms with Crippen LogP contribution in [0.15, 0.2) is 41.7 Å². The maximum absolute atomic E-state index is 4.29. The second-order valence-corrected chi connectivity index (χ2v) is 7.08. The average molecular weight is 470 g/mol. The minimum atomic E-state index is 0. The molecule has 7 heteroatoms. The lowest BCUT2D eigenvalue weighted by molar-refractivity contribution is 0.323. The minimum Gasteiger partial charge on any atom is -0.356 e. The highest BCUT2D eigenvalue weighted by Gasteiger charge is 2.18. The van der Waals surface area contributed by atoms with Gasteiger partial charge < -0.3 is 10.6 Å². The molecule has 0 bridgehead atoms. The highest BCUT2D eigenvalue weighted by Crippen LogP contribution is 2.22. The second-order valence-electron chi connectivity index (χ2n) is 7.08. The van der Waals surface area contributed by atoms with E-state index in [4.69, 9.17) is 0 Å². The van der Waals surface area contributed by atoms with Gasteiger partial charge in [0.2, 0.25) is 0 Å². The van der Waals surface area contributed by atoms with Crippen LogP contribution in [-0.2, 0) is 20.0 Å². The molecule has 1 aromatic heterocycles. The van der Waals surface area contributed by atoms with Gasteiger partial charge in [0.15, 0.2) is 5.96 Å². The molecule has 1 heterocycles. The first-order valence-corrected chi connectivity index (χ1v) is 8.81. The Labute approximate surface area is 173 Å². The first-order valence-electron chi connectivity index (χ1n) is 8.81. The molecule has 0 saturated carbocycles. The van der Waals surface area contributed by atoms with Crippen LogP contribution in [0.5, 0.6) is 0 Å². The summed E-state index contributed by atoms with van der Waals surface area (Å²) in [5.74, 6) is 1.67. The van der Waals surface area contributed by atoms with Crippen molar-refractivity contribution in [1.29, 1.82) is 0 Å². The Morgan fingerprint density at radius 1 is 1.19 bits per heavy atom. The van der Waals surface area contributed by atoms with Gasteiger partial charge in [0, 0.05) is 20.6 Å². The van der Waals surface area contributed by atoms with Crippen LogP contribution >= 0.6 is 24.0 Å². The van der Waals surface area contributed by atoms with E-state index in [1.165, 1.54) is 12.0 Å². The van der Waals surface area contributed by atoms with E-state index in [-0.39, 0.29) is 29.4 Å². The Morgan fingerprint density at radius 3 is 2.54 bits per heavy atom. The average Bonchev–Trinajstić information content (AvgIpc) is 3.01. The zero-order valence-electron chi connectivity index (χ0n) is 16.2. The summed E-state index contributed by atoms with van der Waals surface area (Å²) in [6, 6.07) is 10.7. The number of halogens is 1. The van der Waals surface area contributed by atoms with E-state index in [1.807, 2.05) is 7.05 Å². The van der Waals surface area contributed by atoms with Gasteiger partial charge in [-0.2, -0.15) is 5.10 Å². The molecule has 0 spiro atoms. The second kappa shape index (κ2) is 11.2. The zero-order valence-corrected chi connectivity index (χ0v) is 18.5. The summed E-state index contributed by atoms with van der Waals surface area (Å²) in [5, 5.41) is 10.8. The van der Waals surface area contributed by atoms with Gasteiger partial charge in [-0.1, -0.05) is 44.2 Å². The number of aliphatic imine (C=N–C) groups is 1. The number of hydrogen-bond donors (Lipinski definition) is 2. The molecule has 2 N–H and O–H groups in total. The Bertz CT molecular complexity index is 666. The van der Waals surface area contributed by atoms with Gasteiger partial charge in [-0.05, 0) is 30.2 Å². The molecule has 0 radical (unpaired) electrons. The lowest BCUT2D eigenvalue weighted by Crippen LogP contribution is -2.42. The van der Waals surface area contributed by atoms with Gasteiger partial charge in [0.25, 0.3) is 0 Å². The molecule has 26 heavy (non-hydrogen) atoms. The van der Waals surface area contributed by atoms with Crippen LogP contribution in [0.4, 0.5) is 0 Å². The number of nitrogens with zero attached hydrogens (tertiary/aromatic N) is 4. The first kappa shape index (κ1) is 22.4. The quantitative estimate of drug-likeness (QED) is 0.354. The van der Waals surface area contributed by atoms with E-state index in [0.717, 1.165) is 31.2 Å². The van der Waals surface area contributed by atoms with Crippen LogP contribution < -0.4 is 10.6 Å². The summed E-state index contributed by atoms with van der Waals surface area (Å²) in [7, 11) is 3.67. The molecule has 0 aliphatic heterocycles. The molecule has 0 unspecified atom stereocenters. The van der Waals surface area contributed by atoms with Gasteiger partial charge in [0.05, 0.1) is 6.54 Å². The Balaban J connectivity index is 0.00000338. The summed E-state index contributed by atoms with van der Waals surface area (Å²) in [6.45, 7) is 6.06. The maximum Gasteiger partial charge on any atom is 0.191 e. The molecular weight excluding hydrogens is 439 g/mol. The molecule has 0 amide bonds. The lowest BCUT2D eigenvalue weighted by Gasteiger charge is -2.26. The standard InChI is InChI=1S/C19H30N6.HI/c1-19(2,12-8-11-16-9-6-5-7-10-16)14-22-18(20-3)21-13-17-23-15-24-25(17)4;/h5-7,9-10,15H,8,11-14H2,1-4H3,(H2,20,21,22);1H. The van der Waals surface area contributed by atoms with Gasteiger partial charge in [-0.3, -0.25) is 9.67 Å². The number of aryl methyl sites for hydroxylation is 2. The molecule has 0 saturated heterocycles. The fourth-order valence-corrected chi connectivity index (χ4v) is 2.69. The lowest BCUT2D eigenvalue weighted by atomic mass is 9.86. The first-order chi connectivity index (χ1) is 12.0. The third-order valence-electron chi connectivity index (χ3n) is 4.34. The largest absolute Gasteiger partial charge is 0.356 e. The third kappa shape index (κ3) is 7.72. The number of aromatic nitrogens is 3. The van der Waals surface area contributed by atoms with Crippen molar-refractivity contribution < 1.29 is 0 Å². The number of hydrogen-bond acceptors (Lipinski definition) is 3. The number of guanidine groups is 1. The number of benzene rings is 1. The van der Waals surface area contributed by atoms with Crippen molar-refractivity contribution in [3.63, 3.8) is 0 Å². The molecular formula is C19H31IN6. The van der Waals surface area contributed by atoms with Gasteiger partial charge in [0.1, 0.15) is 12.2 Å². The van der Waals surface area contributed by atoms with Crippen LogP contribution in [0.1, 0.15) is 38.1 Å². The van der Waals surface area contributed by atoms with Gasteiger partial charge in [-0.15, -0.1) is 24.0 Å². The fraction of sp³-hybridized carbons (Fsp3) is 0.526. The van der Waals surface area contributed by atoms with E-state index in [0.29, 0.717) is 6.54 Å². The van der Waals surface area contributed by atoms with Crippen molar-refractivity contribution in [2.45, 2.75) is 39.7 Å². The fourth-order valence-electron chi connectivity index (χ4n) is 2.69. The summed E-state index contributed by atoms with van der Waals surface area (Å²) >= 11 is 0. The van der Waals surface area contributed by atoms with Crippen molar-refractivity contribution in [3.05, 3.63) is 48.0 Å². The van der Waals surface area contributed by atoms with Crippen LogP contribution in [0.2, 0.25) is 0 Å². The normalized spacial score (nSPS) is 11.8. The predicted octanol–water partition coefficient (Wildman–Crippen LogP) is 3.15. The molecule has 2 aromatic rings. The van der Waals surface area contributed by atoms with E-state index in [9.17, 15) is 0 Å². The van der Waals surface area contributed by atoms with Crippen LogP contribution in [0, 0.1) is 5.41 Å². The zero-order chi connectivity index (χ0) is 18.1. The van der Waals surface area contributed by atoms with Crippen LogP contribution in [0.3, 0.4) is 0 Å². The number of rotatable bonds is 8. The molecule has 144 valence electrons. The van der Waals surface area contributed by atoms with Crippen molar-refractivity contribution in [1.82, 2.24) is 25.4 Å². The Kier molecular flexibility index (Phi) is 9.61. The Morgan fingerprint density at radius 2 is 1.92 bits per heavy atom. The highest BCUT2D eigenvalue weighted by atomic mass is 127. The molecule has 0 aliphatic carbocycles.